The zero-order chi connectivity index (χ0) is 12.1. The number of hydrogen-bond donors (Lipinski definition) is 0. The average molecular weight is 248 g/mol. The molecule has 4 nitrogen and oxygen atoms in total. The van der Waals surface area contributed by atoms with Gasteiger partial charge in [-0.05, 0) is 17.9 Å². The van der Waals surface area contributed by atoms with Gasteiger partial charge in [0.1, 0.15) is 12.0 Å². The summed E-state index contributed by atoms with van der Waals surface area (Å²) >= 11 is 1.66. The lowest BCUT2D eigenvalue weighted by atomic mass is 10.1. The molecule has 0 atom stereocenters. The smallest absolute Gasteiger partial charge is 0.216 e. The first-order valence-corrected chi connectivity index (χ1v) is 6.09. The van der Waals surface area contributed by atoms with E-state index in [9.17, 15) is 4.79 Å². The maximum Gasteiger partial charge on any atom is 0.216 e. The van der Waals surface area contributed by atoms with Gasteiger partial charge in [0.25, 0.3) is 0 Å². The highest BCUT2D eigenvalue weighted by Crippen LogP contribution is 2.13. The molecule has 0 saturated heterocycles. The van der Waals surface area contributed by atoms with Gasteiger partial charge in [0.2, 0.25) is 5.88 Å². The van der Waals surface area contributed by atoms with Crippen LogP contribution in [0.3, 0.4) is 0 Å². The van der Waals surface area contributed by atoms with E-state index in [1.54, 1.807) is 17.4 Å². The van der Waals surface area contributed by atoms with E-state index in [4.69, 9.17) is 4.74 Å². The van der Waals surface area contributed by atoms with E-state index >= 15 is 0 Å². The number of ketones is 1. The van der Waals surface area contributed by atoms with Crippen LogP contribution in [0.1, 0.15) is 21.8 Å². The first-order chi connectivity index (χ1) is 8.29. The molecule has 88 valence electrons. The summed E-state index contributed by atoms with van der Waals surface area (Å²) in [5.41, 5.74) is 0.411. The normalized spacial score (nSPS) is 10.2. The van der Waals surface area contributed by atoms with Gasteiger partial charge in [-0.25, -0.2) is 9.97 Å². The summed E-state index contributed by atoms with van der Waals surface area (Å²) in [6, 6.07) is 5.58. The topological polar surface area (TPSA) is 52.1 Å². The van der Waals surface area contributed by atoms with Gasteiger partial charge < -0.3 is 4.74 Å². The summed E-state index contributed by atoms with van der Waals surface area (Å²) in [6.07, 6.45) is 2.56. The molecule has 0 amide bonds. The number of aryl methyl sites for hydroxylation is 1. The Labute approximate surface area is 103 Å². The molecule has 2 heterocycles. The van der Waals surface area contributed by atoms with Crippen LogP contribution in [-0.4, -0.2) is 22.9 Å². The van der Waals surface area contributed by atoms with Gasteiger partial charge in [-0.3, -0.25) is 4.79 Å². The number of Topliss-reactive ketones (excluding diaryl/α,β-unsaturated/α-hetero) is 1. The molecule has 0 aliphatic rings. The van der Waals surface area contributed by atoms with Crippen molar-refractivity contribution in [3.8, 4) is 5.88 Å². The second-order valence-electron chi connectivity index (χ2n) is 3.45. The first kappa shape index (κ1) is 11.7. The van der Waals surface area contributed by atoms with Crippen molar-refractivity contribution < 1.29 is 9.53 Å². The maximum atomic E-state index is 11.9. The third-order valence-electron chi connectivity index (χ3n) is 2.32. The van der Waals surface area contributed by atoms with Crippen molar-refractivity contribution in [2.24, 2.45) is 0 Å². The van der Waals surface area contributed by atoms with Crippen molar-refractivity contribution >= 4 is 17.1 Å². The Balaban J connectivity index is 1.99. The van der Waals surface area contributed by atoms with Gasteiger partial charge in [-0.15, -0.1) is 11.3 Å². The highest BCUT2D eigenvalue weighted by Gasteiger charge is 2.09. The molecule has 5 heteroatoms. The van der Waals surface area contributed by atoms with E-state index in [-0.39, 0.29) is 5.78 Å². The largest absolute Gasteiger partial charge is 0.481 e. The van der Waals surface area contributed by atoms with Crippen LogP contribution in [0.5, 0.6) is 5.88 Å². The Hall–Kier alpha value is -1.75. The third-order valence-corrected chi connectivity index (χ3v) is 3.25. The van der Waals surface area contributed by atoms with Crippen molar-refractivity contribution in [2.45, 2.75) is 12.8 Å². The second-order valence-corrected chi connectivity index (χ2v) is 4.48. The average Bonchev–Trinajstić information content (AvgIpc) is 2.89. The summed E-state index contributed by atoms with van der Waals surface area (Å²) in [5.74, 6) is 0.429. The monoisotopic (exact) mass is 248 g/mol. The summed E-state index contributed by atoms with van der Waals surface area (Å²) in [6.45, 7) is 0. The molecule has 0 spiro atoms. The van der Waals surface area contributed by atoms with Crippen molar-refractivity contribution in [1.82, 2.24) is 9.97 Å². The molecule has 0 aliphatic carbocycles. The number of carbonyl (C=O) groups is 1. The summed E-state index contributed by atoms with van der Waals surface area (Å²) in [5, 5.41) is 2.01. The molecule has 0 aliphatic heterocycles. The zero-order valence-corrected chi connectivity index (χ0v) is 10.2. The van der Waals surface area contributed by atoms with Crippen LogP contribution < -0.4 is 4.74 Å². The Morgan fingerprint density at radius 3 is 3.06 bits per heavy atom. The second kappa shape index (κ2) is 5.54. The summed E-state index contributed by atoms with van der Waals surface area (Å²) in [7, 11) is 1.52. The molecule has 0 saturated carbocycles. The Kier molecular flexibility index (Phi) is 3.82. The lowest BCUT2D eigenvalue weighted by molar-refractivity contribution is 0.0977. The number of aromatic nitrogens is 2. The number of hydrogen-bond acceptors (Lipinski definition) is 5. The fourth-order valence-electron chi connectivity index (χ4n) is 1.42. The quantitative estimate of drug-likeness (QED) is 0.762. The van der Waals surface area contributed by atoms with Crippen LogP contribution >= 0.6 is 11.3 Å². The van der Waals surface area contributed by atoms with Gasteiger partial charge in [0, 0.05) is 17.4 Å². The van der Waals surface area contributed by atoms with Gasteiger partial charge >= 0.3 is 0 Å². The van der Waals surface area contributed by atoms with Gasteiger partial charge in [0.15, 0.2) is 5.78 Å². The predicted molar refractivity (Wildman–Crippen MR) is 65.6 cm³/mol. The highest BCUT2D eigenvalue weighted by molar-refractivity contribution is 7.09. The molecule has 0 fully saturated rings. The molecule has 2 aromatic heterocycles. The van der Waals surface area contributed by atoms with Crippen LogP contribution in [0, 0.1) is 0 Å². The Bertz CT molecular complexity index is 497. The van der Waals surface area contributed by atoms with Crippen LogP contribution in [0.4, 0.5) is 0 Å². The number of rotatable bonds is 5. The van der Waals surface area contributed by atoms with E-state index < -0.39 is 0 Å². The molecule has 2 rings (SSSR count). The molecule has 0 radical (unpaired) electrons. The summed E-state index contributed by atoms with van der Waals surface area (Å²) < 4.78 is 4.95. The predicted octanol–water partition coefficient (Wildman–Crippen LogP) is 2.36. The molecular formula is C12H12N2O2S. The van der Waals surface area contributed by atoms with Crippen molar-refractivity contribution in [3.05, 3.63) is 40.5 Å². The molecule has 2 aromatic rings. The SMILES string of the molecule is COc1cc(C(=O)CCc2cccs2)ncn1. The Morgan fingerprint density at radius 1 is 1.47 bits per heavy atom. The number of thiophene rings is 1. The maximum absolute atomic E-state index is 11.9. The van der Waals surface area contributed by atoms with Crippen molar-refractivity contribution in [3.63, 3.8) is 0 Å². The fourth-order valence-corrected chi connectivity index (χ4v) is 2.13. The van der Waals surface area contributed by atoms with Crippen LogP contribution in [0.25, 0.3) is 0 Å². The van der Waals surface area contributed by atoms with E-state index in [1.165, 1.54) is 18.3 Å². The summed E-state index contributed by atoms with van der Waals surface area (Å²) in [4.78, 5) is 20.9. The molecule has 17 heavy (non-hydrogen) atoms. The van der Waals surface area contributed by atoms with E-state index in [1.807, 2.05) is 17.5 Å². The molecule has 0 unspecified atom stereocenters. The van der Waals surface area contributed by atoms with E-state index in [0.29, 0.717) is 18.0 Å². The lowest BCUT2D eigenvalue weighted by Gasteiger charge is -2.01. The molecular weight excluding hydrogens is 236 g/mol. The Morgan fingerprint density at radius 2 is 2.35 bits per heavy atom. The van der Waals surface area contributed by atoms with Crippen molar-refractivity contribution in [1.29, 1.82) is 0 Å². The molecule has 0 aromatic carbocycles. The van der Waals surface area contributed by atoms with Crippen LogP contribution in [0.2, 0.25) is 0 Å². The highest BCUT2D eigenvalue weighted by atomic mass is 32.1. The van der Waals surface area contributed by atoms with Gasteiger partial charge in [-0.1, -0.05) is 6.07 Å². The van der Waals surface area contributed by atoms with E-state index in [0.717, 1.165) is 6.42 Å². The third kappa shape index (κ3) is 3.10. The number of nitrogens with zero attached hydrogens (tertiary/aromatic N) is 2. The molecule has 0 N–H and O–H groups in total. The standard InChI is InChI=1S/C12H12N2O2S/c1-16-12-7-10(13-8-14-12)11(15)5-4-9-3-2-6-17-9/h2-3,6-8H,4-5H2,1H3. The molecule has 0 bridgehead atoms. The zero-order valence-electron chi connectivity index (χ0n) is 9.42. The lowest BCUT2D eigenvalue weighted by Crippen LogP contribution is -2.04. The number of ether oxygens (including phenoxy) is 1. The number of methoxy groups -OCH3 is 1. The number of carbonyl (C=O) groups excluding carboxylic acids is 1. The fraction of sp³-hybridized carbons (Fsp3) is 0.250. The minimum atomic E-state index is 0.0131. The van der Waals surface area contributed by atoms with Gasteiger partial charge in [0.05, 0.1) is 7.11 Å². The minimum Gasteiger partial charge on any atom is -0.481 e. The minimum absolute atomic E-state index is 0.0131. The van der Waals surface area contributed by atoms with Crippen molar-refractivity contribution in [2.75, 3.05) is 7.11 Å². The van der Waals surface area contributed by atoms with E-state index in [2.05, 4.69) is 9.97 Å². The van der Waals surface area contributed by atoms with Crippen LogP contribution in [-0.2, 0) is 6.42 Å². The van der Waals surface area contributed by atoms with Gasteiger partial charge in [-0.2, -0.15) is 0 Å². The first-order valence-electron chi connectivity index (χ1n) is 5.21. The van der Waals surface area contributed by atoms with Crippen LogP contribution in [0.15, 0.2) is 29.9 Å².